The van der Waals surface area contributed by atoms with Crippen molar-refractivity contribution in [3.8, 4) is 0 Å². The standard InChI is InChI=1S/C18H23ClFN3O3/c1-4-25-17(24)15-5-10(8-18(2,3)26-15)21-9-16-22-13-6-11(19)12(20)7-14(13)23-16/h6-7,10,15,21H,4-5,8-9H2,1-3H3,(H,22,23). The third-order valence-corrected chi connectivity index (χ3v) is 4.67. The lowest BCUT2D eigenvalue weighted by Gasteiger charge is -2.39. The number of nitrogens with zero attached hydrogens (tertiary/aromatic N) is 1. The van der Waals surface area contributed by atoms with Crippen molar-refractivity contribution in [1.82, 2.24) is 15.3 Å². The van der Waals surface area contributed by atoms with Crippen LogP contribution in [0, 0.1) is 5.82 Å². The van der Waals surface area contributed by atoms with Crippen molar-refractivity contribution in [2.45, 2.75) is 57.9 Å². The van der Waals surface area contributed by atoms with E-state index in [1.807, 2.05) is 13.8 Å². The Labute approximate surface area is 156 Å². The second kappa shape index (κ2) is 7.50. The van der Waals surface area contributed by atoms with Crippen LogP contribution in [0.3, 0.4) is 0 Å². The minimum atomic E-state index is -0.584. The van der Waals surface area contributed by atoms with Gasteiger partial charge in [0.2, 0.25) is 0 Å². The fraction of sp³-hybridized carbons (Fsp3) is 0.556. The van der Waals surface area contributed by atoms with Crippen LogP contribution < -0.4 is 5.32 Å². The number of carbonyl (C=O) groups is 1. The van der Waals surface area contributed by atoms with Gasteiger partial charge < -0.3 is 19.8 Å². The van der Waals surface area contributed by atoms with Crippen LogP contribution in [0.5, 0.6) is 0 Å². The first-order valence-corrected chi connectivity index (χ1v) is 9.06. The molecule has 1 aromatic heterocycles. The Hall–Kier alpha value is -1.70. The number of ether oxygens (including phenoxy) is 2. The Morgan fingerprint density at radius 2 is 2.31 bits per heavy atom. The highest BCUT2D eigenvalue weighted by Crippen LogP contribution is 2.29. The number of imidazole rings is 1. The van der Waals surface area contributed by atoms with Gasteiger partial charge in [-0.2, -0.15) is 0 Å². The summed E-state index contributed by atoms with van der Waals surface area (Å²) in [4.78, 5) is 19.6. The Morgan fingerprint density at radius 1 is 1.54 bits per heavy atom. The highest BCUT2D eigenvalue weighted by Gasteiger charge is 2.38. The van der Waals surface area contributed by atoms with E-state index in [-0.39, 0.29) is 17.0 Å². The van der Waals surface area contributed by atoms with Crippen LogP contribution in [0.25, 0.3) is 11.0 Å². The van der Waals surface area contributed by atoms with Gasteiger partial charge in [-0.25, -0.2) is 14.2 Å². The molecule has 2 unspecified atom stereocenters. The number of nitrogens with one attached hydrogen (secondary N) is 2. The lowest BCUT2D eigenvalue weighted by atomic mass is 9.90. The summed E-state index contributed by atoms with van der Waals surface area (Å²) in [6.07, 6.45) is 0.701. The molecular weight excluding hydrogens is 361 g/mol. The molecule has 2 heterocycles. The SMILES string of the molecule is CCOC(=O)C1CC(NCc2nc3cc(Cl)c(F)cc3[nH]2)CC(C)(C)O1. The van der Waals surface area contributed by atoms with Crippen molar-refractivity contribution in [2.75, 3.05) is 6.61 Å². The predicted octanol–water partition coefficient (Wildman–Crippen LogP) is 3.33. The predicted molar refractivity (Wildman–Crippen MR) is 96.5 cm³/mol. The van der Waals surface area contributed by atoms with Gasteiger partial charge in [-0.3, -0.25) is 0 Å². The zero-order chi connectivity index (χ0) is 18.9. The third-order valence-electron chi connectivity index (χ3n) is 4.38. The molecule has 3 rings (SSSR count). The number of benzene rings is 1. The molecule has 26 heavy (non-hydrogen) atoms. The number of aromatic nitrogens is 2. The van der Waals surface area contributed by atoms with Crippen molar-refractivity contribution in [3.05, 3.63) is 28.8 Å². The molecule has 2 N–H and O–H groups in total. The summed E-state index contributed by atoms with van der Waals surface area (Å²) in [7, 11) is 0. The van der Waals surface area contributed by atoms with Gasteiger partial charge in [0, 0.05) is 12.1 Å². The van der Waals surface area contributed by atoms with Gasteiger partial charge in [-0.1, -0.05) is 11.6 Å². The highest BCUT2D eigenvalue weighted by atomic mass is 35.5. The van der Waals surface area contributed by atoms with E-state index in [0.717, 1.165) is 6.42 Å². The number of hydrogen-bond donors (Lipinski definition) is 2. The van der Waals surface area contributed by atoms with E-state index in [1.54, 1.807) is 6.92 Å². The molecule has 1 aromatic carbocycles. The number of carbonyl (C=O) groups excluding carboxylic acids is 1. The molecule has 1 aliphatic heterocycles. The Kier molecular flexibility index (Phi) is 5.50. The van der Waals surface area contributed by atoms with Crippen LogP contribution >= 0.6 is 11.6 Å². The lowest BCUT2D eigenvalue weighted by molar-refractivity contribution is -0.177. The molecule has 0 spiro atoms. The number of halogens is 2. The molecule has 0 bridgehead atoms. The summed E-state index contributed by atoms with van der Waals surface area (Å²) in [6, 6.07) is 2.91. The molecule has 142 valence electrons. The first-order valence-electron chi connectivity index (χ1n) is 8.69. The number of hydrogen-bond acceptors (Lipinski definition) is 5. The average molecular weight is 384 g/mol. The number of esters is 1. The monoisotopic (exact) mass is 383 g/mol. The van der Waals surface area contributed by atoms with E-state index in [4.69, 9.17) is 21.1 Å². The molecule has 0 saturated carbocycles. The van der Waals surface area contributed by atoms with E-state index in [1.165, 1.54) is 12.1 Å². The fourth-order valence-corrected chi connectivity index (χ4v) is 3.49. The maximum absolute atomic E-state index is 13.5. The summed E-state index contributed by atoms with van der Waals surface area (Å²) in [5.74, 6) is -0.134. The van der Waals surface area contributed by atoms with E-state index in [9.17, 15) is 9.18 Å². The molecule has 6 nitrogen and oxygen atoms in total. The van der Waals surface area contributed by atoms with Crippen LogP contribution in [0.1, 0.15) is 39.4 Å². The van der Waals surface area contributed by atoms with Crippen LogP contribution in [0.15, 0.2) is 12.1 Å². The maximum atomic E-state index is 13.5. The van der Waals surface area contributed by atoms with Crippen LogP contribution in [0.4, 0.5) is 4.39 Å². The molecule has 0 radical (unpaired) electrons. The minimum Gasteiger partial charge on any atom is -0.464 e. The number of aromatic amines is 1. The summed E-state index contributed by atoms with van der Waals surface area (Å²) < 4.78 is 24.5. The number of H-pyrrole nitrogens is 1. The molecule has 8 heteroatoms. The van der Waals surface area contributed by atoms with Gasteiger partial charge in [-0.05, 0) is 39.7 Å². The van der Waals surface area contributed by atoms with Crippen LogP contribution in [-0.4, -0.2) is 40.3 Å². The van der Waals surface area contributed by atoms with Crippen LogP contribution in [0.2, 0.25) is 5.02 Å². The summed E-state index contributed by atoms with van der Waals surface area (Å²) in [5.41, 5.74) is 0.781. The van der Waals surface area contributed by atoms with Crippen molar-refractivity contribution in [1.29, 1.82) is 0 Å². The van der Waals surface area contributed by atoms with Gasteiger partial charge >= 0.3 is 5.97 Å². The molecular formula is C18H23ClFN3O3. The first-order chi connectivity index (χ1) is 12.3. The third kappa shape index (κ3) is 4.34. The van der Waals surface area contributed by atoms with Crippen molar-refractivity contribution in [3.63, 3.8) is 0 Å². The molecule has 1 saturated heterocycles. The van der Waals surface area contributed by atoms with Gasteiger partial charge in [0.15, 0.2) is 6.10 Å². The molecule has 2 atom stereocenters. The van der Waals surface area contributed by atoms with Crippen molar-refractivity contribution < 1.29 is 18.7 Å². The molecule has 1 aliphatic rings. The minimum absolute atomic E-state index is 0.0481. The van der Waals surface area contributed by atoms with Crippen molar-refractivity contribution in [2.24, 2.45) is 0 Å². The number of rotatable bonds is 5. The van der Waals surface area contributed by atoms with Gasteiger partial charge in [0.1, 0.15) is 11.6 Å². The second-order valence-corrected chi connectivity index (χ2v) is 7.51. The highest BCUT2D eigenvalue weighted by molar-refractivity contribution is 6.31. The lowest BCUT2D eigenvalue weighted by Crippen LogP contribution is -2.50. The van der Waals surface area contributed by atoms with E-state index < -0.39 is 17.5 Å². The normalized spacial score (nSPS) is 22.5. The Morgan fingerprint density at radius 3 is 3.04 bits per heavy atom. The number of fused-ring (bicyclic) bond motifs is 1. The topological polar surface area (TPSA) is 76.2 Å². The van der Waals surface area contributed by atoms with Crippen LogP contribution in [-0.2, 0) is 20.8 Å². The average Bonchev–Trinajstić information content (AvgIpc) is 2.94. The second-order valence-electron chi connectivity index (χ2n) is 7.10. The van der Waals surface area contributed by atoms with E-state index in [2.05, 4.69) is 15.3 Å². The van der Waals surface area contributed by atoms with E-state index >= 15 is 0 Å². The molecule has 2 aromatic rings. The molecule has 0 amide bonds. The molecule has 0 aliphatic carbocycles. The largest absolute Gasteiger partial charge is 0.464 e. The Bertz CT molecular complexity index is 769. The maximum Gasteiger partial charge on any atom is 0.335 e. The zero-order valence-corrected chi connectivity index (χ0v) is 15.8. The summed E-state index contributed by atoms with van der Waals surface area (Å²) >= 11 is 5.80. The first kappa shape index (κ1) is 19.1. The fourth-order valence-electron chi connectivity index (χ4n) is 3.33. The smallest absolute Gasteiger partial charge is 0.335 e. The zero-order valence-electron chi connectivity index (χ0n) is 15.1. The Balaban J connectivity index is 1.67. The van der Waals surface area contributed by atoms with Crippen molar-refractivity contribution >= 4 is 28.6 Å². The van der Waals surface area contributed by atoms with E-state index in [0.29, 0.717) is 36.4 Å². The van der Waals surface area contributed by atoms with Gasteiger partial charge in [-0.15, -0.1) is 0 Å². The summed E-state index contributed by atoms with van der Waals surface area (Å²) in [5, 5.41) is 3.45. The van der Waals surface area contributed by atoms with Gasteiger partial charge in [0.25, 0.3) is 0 Å². The van der Waals surface area contributed by atoms with Gasteiger partial charge in [0.05, 0.1) is 34.8 Å². The quantitative estimate of drug-likeness (QED) is 0.774. The molecule has 1 fully saturated rings. The summed E-state index contributed by atoms with van der Waals surface area (Å²) in [6.45, 7) is 6.48.